The van der Waals surface area contributed by atoms with Crippen molar-refractivity contribution in [3.05, 3.63) is 29.8 Å². The van der Waals surface area contributed by atoms with Gasteiger partial charge < -0.3 is 0 Å². The Bertz CT molecular complexity index is 607. The molecule has 1 fully saturated rings. The molecular formula is C15H20F3NO2S. The van der Waals surface area contributed by atoms with Crippen molar-refractivity contribution in [3.63, 3.8) is 0 Å². The van der Waals surface area contributed by atoms with Crippen LogP contribution < -0.4 is 0 Å². The summed E-state index contributed by atoms with van der Waals surface area (Å²) in [7, 11) is -2.78. The Morgan fingerprint density at radius 2 is 1.73 bits per heavy atom. The highest BCUT2D eigenvalue weighted by Gasteiger charge is 2.38. The van der Waals surface area contributed by atoms with Gasteiger partial charge in [-0.05, 0) is 30.9 Å². The van der Waals surface area contributed by atoms with E-state index in [1.807, 2.05) is 0 Å². The summed E-state index contributed by atoms with van der Waals surface area (Å²) in [4.78, 5) is -0.666. The van der Waals surface area contributed by atoms with Gasteiger partial charge >= 0.3 is 6.18 Å². The van der Waals surface area contributed by atoms with Crippen LogP contribution in [-0.2, 0) is 16.2 Å². The van der Waals surface area contributed by atoms with Gasteiger partial charge in [-0.2, -0.15) is 13.2 Å². The Hall–Kier alpha value is -1.08. The predicted octanol–water partition coefficient (Wildman–Crippen LogP) is 3.91. The summed E-state index contributed by atoms with van der Waals surface area (Å²) in [5, 5.41) is 0. The predicted molar refractivity (Wildman–Crippen MR) is 77.8 cm³/mol. The number of sulfonamides is 1. The molecule has 0 aliphatic heterocycles. The summed E-state index contributed by atoms with van der Waals surface area (Å²) in [5.74, 6) is 0.228. The third kappa shape index (κ3) is 3.81. The van der Waals surface area contributed by atoms with Gasteiger partial charge in [0.15, 0.2) is 0 Å². The van der Waals surface area contributed by atoms with Crippen molar-refractivity contribution >= 4 is 10.0 Å². The fourth-order valence-corrected chi connectivity index (χ4v) is 4.38. The number of hydrogen-bond donors (Lipinski definition) is 0. The highest BCUT2D eigenvalue weighted by Crippen LogP contribution is 2.35. The average Bonchev–Trinajstić information content (AvgIpc) is 2.47. The quantitative estimate of drug-likeness (QED) is 0.837. The molecule has 2 rings (SSSR count). The normalized spacial score (nSPS) is 17.9. The topological polar surface area (TPSA) is 37.4 Å². The molecule has 0 amide bonds. The lowest BCUT2D eigenvalue weighted by Gasteiger charge is -2.27. The zero-order chi connectivity index (χ0) is 16.4. The summed E-state index contributed by atoms with van der Waals surface area (Å²) < 4.78 is 65.1. The van der Waals surface area contributed by atoms with E-state index in [0.717, 1.165) is 48.5 Å². The fraction of sp³-hybridized carbons (Fsp3) is 0.600. The molecule has 0 unspecified atom stereocenters. The molecule has 0 spiro atoms. The second-order valence-corrected chi connectivity index (χ2v) is 7.80. The van der Waals surface area contributed by atoms with Gasteiger partial charge in [0.2, 0.25) is 10.0 Å². The standard InChI is InChI=1S/C15H20F3NO2S/c1-19(11-12-7-3-2-4-8-12)22(20,21)14-10-6-5-9-13(14)15(16,17)18/h5-6,9-10,12H,2-4,7-8,11H2,1H3. The van der Waals surface area contributed by atoms with E-state index in [2.05, 4.69) is 0 Å². The van der Waals surface area contributed by atoms with Crippen LogP contribution in [0.15, 0.2) is 29.2 Å². The van der Waals surface area contributed by atoms with Gasteiger partial charge in [0, 0.05) is 13.6 Å². The van der Waals surface area contributed by atoms with Gasteiger partial charge in [-0.3, -0.25) is 0 Å². The Morgan fingerprint density at radius 1 is 1.14 bits per heavy atom. The molecule has 124 valence electrons. The maximum atomic E-state index is 13.0. The molecule has 0 heterocycles. The molecule has 0 atom stereocenters. The molecule has 1 aliphatic carbocycles. The summed E-state index contributed by atoms with van der Waals surface area (Å²) in [6, 6.07) is 4.34. The largest absolute Gasteiger partial charge is 0.417 e. The van der Waals surface area contributed by atoms with E-state index >= 15 is 0 Å². The lowest BCUT2D eigenvalue weighted by atomic mass is 9.89. The minimum absolute atomic E-state index is 0.228. The van der Waals surface area contributed by atoms with Crippen LogP contribution >= 0.6 is 0 Å². The van der Waals surface area contributed by atoms with Crippen LogP contribution in [0.2, 0.25) is 0 Å². The van der Waals surface area contributed by atoms with E-state index in [1.54, 1.807) is 0 Å². The van der Waals surface area contributed by atoms with Crippen LogP contribution in [0.1, 0.15) is 37.7 Å². The van der Waals surface area contributed by atoms with Crippen LogP contribution in [0.25, 0.3) is 0 Å². The lowest BCUT2D eigenvalue weighted by Crippen LogP contribution is -2.33. The van der Waals surface area contributed by atoms with Gasteiger partial charge in [0.1, 0.15) is 0 Å². The van der Waals surface area contributed by atoms with Gasteiger partial charge in [-0.25, -0.2) is 12.7 Å². The van der Waals surface area contributed by atoms with E-state index in [-0.39, 0.29) is 12.5 Å². The second-order valence-electron chi connectivity index (χ2n) is 5.78. The zero-order valence-electron chi connectivity index (χ0n) is 12.4. The number of halogens is 3. The summed E-state index contributed by atoms with van der Waals surface area (Å²) in [6.07, 6.45) is 0.427. The van der Waals surface area contributed by atoms with E-state index in [4.69, 9.17) is 0 Å². The van der Waals surface area contributed by atoms with Crippen molar-refractivity contribution in [2.75, 3.05) is 13.6 Å². The minimum Gasteiger partial charge on any atom is -0.207 e. The molecule has 22 heavy (non-hydrogen) atoms. The van der Waals surface area contributed by atoms with Gasteiger partial charge in [0.05, 0.1) is 10.5 Å². The molecule has 1 saturated carbocycles. The van der Waals surface area contributed by atoms with Gasteiger partial charge in [-0.1, -0.05) is 31.4 Å². The summed E-state index contributed by atoms with van der Waals surface area (Å²) in [6.45, 7) is 0.272. The number of nitrogens with zero attached hydrogens (tertiary/aromatic N) is 1. The number of hydrogen-bond acceptors (Lipinski definition) is 2. The highest BCUT2D eigenvalue weighted by atomic mass is 32.2. The third-order valence-corrected chi connectivity index (χ3v) is 6.00. The molecule has 7 heteroatoms. The summed E-state index contributed by atoms with van der Waals surface area (Å²) in [5.41, 5.74) is -1.11. The molecule has 1 aromatic rings. The minimum atomic E-state index is -4.69. The number of alkyl halides is 3. The Kier molecular flexibility index (Phi) is 5.17. The fourth-order valence-electron chi connectivity index (χ4n) is 2.93. The first-order valence-electron chi connectivity index (χ1n) is 7.35. The van der Waals surface area contributed by atoms with Crippen LogP contribution in [0.3, 0.4) is 0 Å². The monoisotopic (exact) mass is 335 g/mol. The number of rotatable bonds is 4. The Labute approximate surface area is 129 Å². The van der Waals surface area contributed by atoms with Crippen molar-refractivity contribution in [3.8, 4) is 0 Å². The van der Waals surface area contributed by atoms with Crippen LogP contribution in [-0.4, -0.2) is 26.3 Å². The van der Waals surface area contributed by atoms with E-state index in [9.17, 15) is 21.6 Å². The maximum absolute atomic E-state index is 13.0. The molecule has 0 radical (unpaired) electrons. The molecule has 3 nitrogen and oxygen atoms in total. The average molecular weight is 335 g/mol. The van der Waals surface area contributed by atoms with Crippen molar-refractivity contribution in [1.29, 1.82) is 0 Å². The van der Waals surface area contributed by atoms with Crippen molar-refractivity contribution in [1.82, 2.24) is 4.31 Å². The zero-order valence-corrected chi connectivity index (χ0v) is 13.3. The Balaban J connectivity index is 2.26. The smallest absolute Gasteiger partial charge is 0.207 e. The van der Waals surface area contributed by atoms with Crippen molar-refractivity contribution in [2.24, 2.45) is 5.92 Å². The van der Waals surface area contributed by atoms with Crippen LogP contribution in [0.5, 0.6) is 0 Å². The molecule has 1 aromatic carbocycles. The lowest BCUT2D eigenvalue weighted by molar-refractivity contribution is -0.139. The molecule has 0 bridgehead atoms. The first kappa shape index (κ1) is 17.3. The van der Waals surface area contributed by atoms with Crippen molar-refractivity contribution in [2.45, 2.75) is 43.2 Å². The van der Waals surface area contributed by atoms with Crippen molar-refractivity contribution < 1.29 is 21.6 Å². The van der Waals surface area contributed by atoms with Crippen LogP contribution in [0, 0.1) is 5.92 Å². The van der Waals surface area contributed by atoms with E-state index in [0.29, 0.717) is 0 Å². The molecule has 0 saturated heterocycles. The first-order chi connectivity index (χ1) is 10.2. The SMILES string of the molecule is CN(CC1CCCCC1)S(=O)(=O)c1ccccc1C(F)(F)F. The molecular weight excluding hydrogens is 315 g/mol. The Morgan fingerprint density at radius 3 is 2.32 bits per heavy atom. The number of benzene rings is 1. The van der Waals surface area contributed by atoms with Gasteiger partial charge in [-0.15, -0.1) is 0 Å². The first-order valence-corrected chi connectivity index (χ1v) is 8.79. The third-order valence-electron chi connectivity index (χ3n) is 4.12. The summed E-state index contributed by atoms with van der Waals surface area (Å²) >= 11 is 0. The second kappa shape index (κ2) is 6.58. The van der Waals surface area contributed by atoms with E-state index < -0.39 is 26.7 Å². The molecule has 0 aromatic heterocycles. The van der Waals surface area contributed by atoms with Gasteiger partial charge in [0.25, 0.3) is 0 Å². The molecule has 0 N–H and O–H groups in total. The van der Waals surface area contributed by atoms with Crippen LogP contribution in [0.4, 0.5) is 13.2 Å². The molecule has 1 aliphatic rings. The maximum Gasteiger partial charge on any atom is 0.417 e. The highest BCUT2D eigenvalue weighted by molar-refractivity contribution is 7.89. The van der Waals surface area contributed by atoms with E-state index in [1.165, 1.54) is 19.2 Å².